The molecule has 0 bridgehead atoms. The van der Waals surface area contributed by atoms with Gasteiger partial charge in [-0.25, -0.2) is 0 Å². The summed E-state index contributed by atoms with van der Waals surface area (Å²) in [6.45, 7) is 3.71. The molecule has 3 heteroatoms. The second-order valence-electron chi connectivity index (χ2n) is 1.97. The lowest BCUT2D eigenvalue weighted by Crippen LogP contribution is -1.86. The van der Waals surface area contributed by atoms with Gasteiger partial charge in [0.25, 0.3) is 0 Å². The Labute approximate surface area is 53.9 Å². The van der Waals surface area contributed by atoms with E-state index in [0.717, 1.165) is 11.4 Å². The van der Waals surface area contributed by atoms with E-state index in [1.165, 1.54) is 0 Å². The minimum atomic E-state index is 0.104. The van der Waals surface area contributed by atoms with Crippen LogP contribution in [0.15, 0.2) is 6.07 Å². The van der Waals surface area contributed by atoms with Crippen LogP contribution in [0.3, 0.4) is 0 Å². The summed E-state index contributed by atoms with van der Waals surface area (Å²) in [4.78, 5) is 7.58. The van der Waals surface area contributed by atoms with E-state index in [2.05, 4.69) is 9.97 Å². The zero-order valence-electron chi connectivity index (χ0n) is 5.47. The van der Waals surface area contributed by atoms with E-state index in [0.29, 0.717) is 0 Å². The Kier molecular flexibility index (Phi) is 1.34. The predicted molar refractivity (Wildman–Crippen MR) is 35.5 cm³/mol. The SMILES string of the molecule is Cc1cc(C)nc([NH-])n1. The van der Waals surface area contributed by atoms with E-state index in [4.69, 9.17) is 5.73 Å². The molecule has 0 atom stereocenters. The lowest BCUT2D eigenvalue weighted by Gasteiger charge is -2.05. The van der Waals surface area contributed by atoms with Crippen molar-refractivity contribution in [3.05, 3.63) is 23.2 Å². The summed E-state index contributed by atoms with van der Waals surface area (Å²) in [5.41, 5.74) is 8.76. The van der Waals surface area contributed by atoms with E-state index in [1.54, 1.807) is 0 Å². The fourth-order valence-electron chi connectivity index (χ4n) is 0.726. The summed E-state index contributed by atoms with van der Waals surface area (Å²) >= 11 is 0. The van der Waals surface area contributed by atoms with Gasteiger partial charge < -0.3 is 15.7 Å². The Bertz CT molecular complexity index is 169. The highest BCUT2D eigenvalue weighted by molar-refractivity contribution is 5.25. The van der Waals surface area contributed by atoms with Crippen LogP contribution in [0.1, 0.15) is 11.4 Å². The number of nitrogens with zero attached hydrogens (tertiary/aromatic N) is 2. The standard InChI is InChI=1S/C6H8N3/c1-4-3-5(2)9-6(7)8-4/h3H,1-2H3,(H-,7,8,9)/q-1. The van der Waals surface area contributed by atoms with Crippen LogP contribution in [0, 0.1) is 13.8 Å². The summed E-state index contributed by atoms with van der Waals surface area (Å²) in [5, 5.41) is 0. The second kappa shape index (κ2) is 2.01. The van der Waals surface area contributed by atoms with E-state index in [9.17, 15) is 0 Å². The van der Waals surface area contributed by atoms with Crippen LogP contribution in [0.2, 0.25) is 0 Å². The fourth-order valence-corrected chi connectivity index (χ4v) is 0.726. The minimum Gasteiger partial charge on any atom is -0.410 e. The molecule has 1 N–H and O–H groups in total. The van der Waals surface area contributed by atoms with Crippen molar-refractivity contribution in [3.8, 4) is 0 Å². The molecule has 0 saturated carbocycles. The van der Waals surface area contributed by atoms with E-state index >= 15 is 0 Å². The zero-order valence-corrected chi connectivity index (χ0v) is 5.47. The Morgan fingerprint density at radius 1 is 1.22 bits per heavy atom. The predicted octanol–water partition coefficient (Wildman–Crippen LogP) is 1.78. The zero-order chi connectivity index (χ0) is 6.85. The second-order valence-corrected chi connectivity index (χ2v) is 1.97. The molecule has 1 rings (SSSR count). The van der Waals surface area contributed by atoms with Gasteiger partial charge in [0.15, 0.2) is 0 Å². The molecule has 9 heavy (non-hydrogen) atoms. The monoisotopic (exact) mass is 122 g/mol. The summed E-state index contributed by atoms with van der Waals surface area (Å²) < 4.78 is 0. The third-order valence-electron chi connectivity index (χ3n) is 0.982. The maximum absolute atomic E-state index is 7.05. The van der Waals surface area contributed by atoms with Crippen LogP contribution in [0.25, 0.3) is 5.73 Å². The molecular weight excluding hydrogens is 114 g/mol. The molecule has 0 aliphatic carbocycles. The highest BCUT2D eigenvalue weighted by atomic mass is 15.0. The average molecular weight is 122 g/mol. The first kappa shape index (κ1) is 6.01. The van der Waals surface area contributed by atoms with Gasteiger partial charge in [0.1, 0.15) is 0 Å². The average Bonchev–Trinajstić information content (AvgIpc) is 1.59. The number of aromatic nitrogens is 2. The smallest absolute Gasteiger partial charge is 0.0204 e. The molecule has 0 fully saturated rings. The molecule has 0 saturated heterocycles. The van der Waals surface area contributed by atoms with E-state index < -0.39 is 0 Å². The molecule has 0 aromatic carbocycles. The Morgan fingerprint density at radius 2 is 1.67 bits per heavy atom. The summed E-state index contributed by atoms with van der Waals surface area (Å²) in [7, 11) is 0. The van der Waals surface area contributed by atoms with Gasteiger partial charge in [-0.1, -0.05) is 6.07 Å². The van der Waals surface area contributed by atoms with Crippen molar-refractivity contribution in [1.82, 2.24) is 9.97 Å². The molecule has 1 heterocycles. The van der Waals surface area contributed by atoms with Gasteiger partial charge >= 0.3 is 0 Å². The quantitative estimate of drug-likeness (QED) is 0.526. The number of hydrogen-bond acceptors (Lipinski definition) is 2. The lowest BCUT2D eigenvalue weighted by molar-refractivity contribution is 1.08. The van der Waals surface area contributed by atoms with Gasteiger partial charge in [0.2, 0.25) is 0 Å². The number of hydrogen-bond donors (Lipinski definition) is 0. The van der Waals surface area contributed by atoms with Crippen LogP contribution in [-0.2, 0) is 0 Å². The summed E-state index contributed by atoms with van der Waals surface area (Å²) in [6, 6.07) is 1.85. The molecule has 0 radical (unpaired) electrons. The number of nitrogens with one attached hydrogen (secondary N) is 1. The topological polar surface area (TPSA) is 49.6 Å². The van der Waals surface area contributed by atoms with Gasteiger partial charge in [0.05, 0.1) is 0 Å². The third kappa shape index (κ3) is 1.38. The lowest BCUT2D eigenvalue weighted by atomic mass is 10.4. The van der Waals surface area contributed by atoms with Crippen molar-refractivity contribution in [2.75, 3.05) is 0 Å². The molecule has 0 unspecified atom stereocenters. The van der Waals surface area contributed by atoms with Crippen LogP contribution in [-0.4, -0.2) is 9.97 Å². The summed E-state index contributed by atoms with van der Waals surface area (Å²) in [5.74, 6) is 0.104. The Hall–Kier alpha value is -1.12. The third-order valence-corrected chi connectivity index (χ3v) is 0.982. The van der Waals surface area contributed by atoms with Crippen LogP contribution >= 0.6 is 0 Å². The molecule has 48 valence electrons. The van der Waals surface area contributed by atoms with Crippen molar-refractivity contribution in [1.29, 1.82) is 0 Å². The Morgan fingerprint density at radius 3 is 2.00 bits per heavy atom. The highest BCUT2D eigenvalue weighted by Crippen LogP contribution is 2.03. The van der Waals surface area contributed by atoms with Crippen LogP contribution in [0.4, 0.5) is 5.95 Å². The summed E-state index contributed by atoms with van der Waals surface area (Å²) in [6.07, 6.45) is 0. The van der Waals surface area contributed by atoms with Gasteiger partial charge in [-0.05, 0) is 25.2 Å². The molecular formula is C6H8N3-. The van der Waals surface area contributed by atoms with Crippen molar-refractivity contribution in [3.63, 3.8) is 0 Å². The van der Waals surface area contributed by atoms with Gasteiger partial charge in [0, 0.05) is 5.95 Å². The number of aryl methyl sites for hydroxylation is 2. The maximum atomic E-state index is 7.05. The first-order valence-electron chi connectivity index (χ1n) is 2.72. The minimum absolute atomic E-state index is 0.104. The first-order valence-corrected chi connectivity index (χ1v) is 2.72. The van der Waals surface area contributed by atoms with Crippen molar-refractivity contribution in [2.24, 2.45) is 0 Å². The van der Waals surface area contributed by atoms with E-state index in [-0.39, 0.29) is 5.95 Å². The molecule has 0 aliphatic heterocycles. The Balaban J connectivity index is 3.17. The largest absolute Gasteiger partial charge is 0.410 e. The molecule has 3 nitrogen and oxygen atoms in total. The van der Waals surface area contributed by atoms with Crippen molar-refractivity contribution < 1.29 is 0 Å². The van der Waals surface area contributed by atoms with Crippen LogP contribution in [0.5, 0.6) is 0 Å². The molecule has 1 aromatic rings. The molecule has 0 amide bonds. The van der Waals surface area contributed by atoms with Gasteiger partial charge in [-0.2, -0.15) is 0 Å². The van der Waals surface area contributed by atoms with Crippen molar-refractivity contribution >= 4 is 5.95 Å². The van der Waals surface area contributed by atoms with Crippen molar-refractivity contribution in [2.45, 2.75) is 13.8 Å². The maximum Gasteiger partial charge on any atom is 0.0204 e. The van der Waals surface area contributed by atoms with Gasteiger partial charge in [-0.3, -0.25) is 0 Å². The number of rotatable bonds is 0. The molecule has 0 aliphatic rings. The fraction of sp³-hybridized carbons (Fsp3) is 0.333. The highest BCUT2D eigenvalue weighted by Gasteiger charge is 1.81. The van der Waals surface area contributed by atoms with E-state index in [1.807, 2.05) is 19.9 Å². The molecule has 1 aromatic heterocycles. The van der Waals surface area contributed by atoms with Crippen LogP contribution < -0.4 is 0 Å². The van der Waals surface area contributed by atoms with Gasteiger partial charge in [-0.15, -0.1) is 0 Å². The first-order chi connectivity index (χ1) is 4.18. The molecule has 0 spiro atoms. The normalized spacial score (nSPS) is 9.56.